The van der Waals surface area contributed by atoms with Crippen LogP contribution in [0.25, 0.3) is 20.8 Å². The van der Waals surface area contributed by atoms with Gasteiger partial charge in [0.05, 0.1) is 56.5 Å². The van der Waals surface area contributed by atoms with Crippen LogP contribution in [-0.2, 0) is 14.2 Å². The number of nitrogens with zero attached hydrogens (tertiary/aromatic N) is 1. The second kappa shape index (κ2) is 11.7. The molecule has 0 saturated heterocycles. The molecule has 7 nitrogen and oxygen atoms in total. The highest BCUT2D eigenvalue weighted by Crippen LogP contribution is 2.32. The topological polar surface area (TPSA) is 90.3 Å². The number of aromatic hydroxyl groups is 1. The van der Waals surface area contributed by atoms with Crippen LogP contribution in [0.5, 0.6) is 11.5 Å². The van der Waals surface area contributed by atoms with Gasteiger partial charge in [-0.1, -0.05) is 0 Å². The summed E-state index contributed by atoms with van der Waals surface area (Å²) in [5.74, 6) is 1.02. The van der Waals surface area contributed by atoms with Gasteiger partial charge >= 0.3 is 0 Å². The lowest BCUT2D eigenvalue weighted by Crippen LogP contribution is -2.13. The first-order valence-electron chi connectivity index (χ1n) is 9.43. The third kappa shape index (κ3) is 6.95. The first kappa shape index (κ1) is 21.5. The number of aliphatic hydroxyl groups is 1. The van der Waals surface area contributed by atoms with E-state index in [-0.39, 0.29) is 12.4 Å². The number of phenols is 1. The first-order chi connectivity index (χ1) is 14.3. The second-order valence-corrected chi connectivity index (χ2v) is 7.14. The van der Waals surface area contributed by atoms with E-state index < -0.39 is 0 Å². The van der Waals surface area contributed by atoms with Crippen molar-refractivity contribution in [3.8, 4) is 22.1 Å². The number of thiazole rings is 1. The number of hydrogen-bond acceptors (Lipinski definition) is 8. The Morgan fingerprint density at radius 3 is 2.14 bits per heavy atom. The van der Waals surface area contributed by atoms with Gasteiger partial charge in [-0.15, -0.1) is 11.3 Å². The molecule has 8 heteroatoms. The SMILES string of the molecule is OCCOCCOCCOCCOc1ccc(-c2nc3ccc(O)cc3s2)cc1. The molecule has 0 bridgehead atoms. The highest BCUT2D eigenvalue weighted by atomic mass is 32.1. The fourth-order valence-corrected chi connectivity index (χ4v) is 3.56. The molecule has 0 aliphatic heterocycles. The van der Waals surface area contributed by atoms with Crippen molar-refractivity contribution < 1.29 is 29.2 Å². The van der Waals surface area contributed by atoms with E-state index in [9.17, 15) is 5.11 Å². The van der Waals surface area contributed by atoms with Crippen LogP contribution < -0.4 is 4.74 Å². The van der Waals surface area contributed by atoms with Crippen LogP contribution in [0.3, 0.4) is 0 Å². The van der Waals surface area contributed by atoms with Crippen molar-refractivity contribution in [1.82, 2.24) is 4.98 Å². The van der Waals surface area contributed by atoms with E-state index in [2.05, 4.69) is 4.98 Å². The van der Waals surface area contributed by atoms with E-state index in [0.29, 0.717) is 46.2 Å². The molecule has 0 radical (unpaired) electrons. The molecule has 0 aliphatic rings. The van der Waals surface area contributed by atoms with E-state index in [1.807, 2.05) is 30.3 Å². The smallest absolute Gasteiger partial charge is 0.124 e. The first-order valence-corrected chi connectivity index (χ1v) is 10.2. The van der Waals surface area contributed by atoms with Crippen molar-refractivity contribution >= 4 is 21.6 Å². The van der Waals surface area contributed by atoms with Crippen LogP contribution in [-0.4, -0.2) is 68.1 Å². The Morgan fingerprint density at radius 2 is 1.45 bits per heavy atom. The molecular weight excluding hydrogens is 394 g/mol. The highest BCUT2D eigenvalue weighted by Gasteiger charge is 2.07. The molecular formula is C21H25NO6S. The van der Waals surface area contributed by atoms with Gasteiger partial charge < -0.3 is 29.2 Å². The number of ether oxygens (including phenoxy) is 4. The minimum absolute atomic E-state index is 0.0270. The lowest BCUT2D eigenvalue weighted by Gasteiger charge is -2.08. The van der Waals surface area contributed by atoms with Gasteiger partial charge in [-0.05, 0) is 42.5 Å². The third-order valence-electron chi connectivity index (χ3n) is 3.95. The van der Waals surface area contributed by atoms with Gasteiger partial charge in [0.1, 0.15) is 23.1 Å². The van der Waals surface area contributed by atoms with Crippen LogP contribution >= 0.6 is 11.3 Å². The Balaban J connectivity index is 1.33. The average Bonchev–Trinajstić information content (AvgIpc) is 3.15. The van der Waals surface area contributed by atoms with Gasteiger partial charge in [0.25, 0.3) is 0 Å². The Morgan fingerprint density at radius 1 is 0.793 bits per heavy atom. The molecule has 0 spiro atoms. The second-order valence-electron chi connectivity index (χ2n) is 6.10. The molecule has 0 amide bonds. The summed E-state index contributed by atoms with van der Waals surface area (Å²) in [6.45, 7) is 3.25. The van der Waals surface area contributed by atoms with Gasteiger partial charge in [0.15, 0.2) is 0 Å². The maximum absolute atomic E-state index is 9.58. The van der Waals surface area contributed by atoms with Crippen LogP contribution in [0.4, 0.5) is 0 Å². The number of hydrogen-bond donors (Lipinski definition) is 2. The Kier molecular flexibility index (Phi) is 8.66. The van der Waals surface area contributed by atoms with Crippen LogP contribution in [0, 0.1) is 0 Å². The third-order valence-corrected chi connectivity index (χ3v) is 5.02. The van der Waals surface area contributed by atoms with Crippen molar-refractivity contribution in [2.45, 2.75) is 0 Å². The minimum atomic E-state index is 0.0270. The molecule has 3 aromatic rings. The van der Waals surface area contributed by atoms with Crippen molar-refractivity contribution in [2.75, 3.05) is 52.9 Å². The summed E-state index contributed by atoms with van der Waals surface area (Å²) in [5, 5.41) is 19.1. The summed E-state index contributed by atoms with van der Waals surface area (Å²) in [6, 6.07) is 13.0. The molecule has 1 aromatic heterocycles. The molecule has 2 aromatic carbocycles. The number of rotatable bonds is 13. The average molecular weight is 419 g/mol. The molecule has 0 fully saturated rings. The predicted molar refractivity (Wildman–Crippen MR) is 112 cm³/mol. The normalized spacial score (nSPS) is 11.2. The zero-order valence-electron chi connectivity index (χ0n) is 16.1. The molecule has 0 saturated carbocycles. The van der Waals surface area contributed by atoms with E-state index >= 15 is 0 Å². The van der Waals surface area contributed by atoms with Crippen molar-refractivity contribution in [2.24, 2.45) is 0 Å². The largest absolute Gasteiger partial charge is 0.508 e. The van der Waals surface area contributed by atoms with Gasteiger partial charge in [-0.2, -0.15) is 0 Å². The fourth-order valence-electron chi connectivity index (χ4n) is 2.56. The van der Waals surface area contributed by atoms with E-state index in [1.54, 1.807) is 23.5 Å². The number of fused-ring (bicyclic) bond motifs is 1. The van der Waals surface area contributed by atoms with Crippen LogP contribution in [0.2, 0.25) is 0 Å². The molecule has 156 valence electrons. The van der Waals surface area contributed by atoms with Gasteiger partial charge in [0.2, 0.25) is 0 Å². The fraction of sp³-hybridized carbons (Fsp3) is 0.381. The number of aromatic nitrogens is 1. The van der Waals surface area contributed by atoms with Gasteiger partial charge in [-0.3, -0.25) is 0 Å². The van der Waals surface area contributed by atoms with Crippen molar-refractivity contribution in [3.63, 3.8) is 0 Å². The maximum Gasteiger partial charge on any atom is 0.124 e. The van der Waals surface area contributed by atoms with Crippen LogP contribution in [0.1, 0.15) is 0 Å². The van der Waals surface area contributed by atoms with E-state index in [1.165, 1.54) is 0 Å². The minimum Gasteiger partial charge on any atom is -0.508 e. The molecule has 3 rings (SSSR count). The number of benzene rings is 2. The summed E-state index contributed by atoms with van der Waals surface area (Å²) in [6.07, 6.45) is 0. The van der Waals surface area contributed by atoms with Crippen molar-refractivity contribution in [3.05, 3.63) is 42.5 Å². The summed E-state index contributed by atoms with van der Waals surface area (Å²) < 4.78 is 22.5. The standard InChI is InChI=1S/C21H25NO6S/c23-7-8-25-9-10-26-11-12-27-13-14-28-18-4-1-16(2-5-18)21-22-19-6-3-17(24)15-20(19)29-21/h1-6,15,23-24H,7-14H2. The lowest BCUT2D eigenvalue weighted by atomic mass is 10.2. The van der Waals surface area contributed by atoms with E-state index in [0.717, 1.165) is 26.5 Å². The molecule has 29 heavy (non-hydrogen) atoms. The molecule has 1 heterocycles. The zero-order chi connectivity index (χ0) is 20.3. The summed E-state index contributed by atoms with van der Waals surface area (Å²) in [4.78, 5) is 4.60. The summed E-state index contributed by atoms with van der Waals surface area (Å²) >= 11 is 1.54. The van der Waals surface area contributed by atoms with Gasteiger partial charge in [-0.25, -0.2) is 4.98 Å². The Bertz CT molecular complexity index is 867. The number of aliphatic hydroxyl groups excluding tert-OH is 1. The van der Waals surface area contributed by atoms with Crippen LogP contribution in [0.15, 0.2) is 42.5 Å². The molecule has 0 aliphatic carbocycles. The van der Waals surface area contributed by atoms with Gasteiger partial charge in [0, 0.05) is 5.56 Å². The monoisotopic (exact) mass is 419 g/mol. The summed E-state index contributed by atoms with van der Waals surface area (Å²) in [5.41, 5.74) is 1.89. The predicted octanol–water partition coefficient (Wildman–Crippen LogP) is 3.09. The Labute approximate surface area is 173 Å². The summed E-state index contributed by atoms with van der Waals surface area (Å²) in [7, 11) is 0. The van der Waals surface area contributed by atoms with Crippen molar-refractivity contribution in [1.29, 1.82) is 0 Å². The van der Waals surface area contributed by atoms with E-state index in [4.69, 9.17) is 24.1 Å². The quantitative estimate of drug-likeness (QED) is 0.412. The maximum atomic E-state index is 9.58. The lowest BCUT2D eigenvalue weighted by molar-refractivity contribution is 0.00361. The Hall–Kier alpha value is -2.23. The molecule has 0 unspecified atom stereocenters. The zero-order valence-corrected chi connectivity index (χ0v) is 16.9. The number of phenolic OH excluding ortho intramolecular Hbond substituents is 1. The molecule has 0 atom stereocenters. The molecule has 2 N–H and O–H groups in total. The highest BCUT2D eigenvalue weighted by molar-refractivity contribution is 7.21.